The second kappa shape index (κ2) is 8.41. The summed E-state index contributed by atoms with van der Waals surface area (Å²) in [5.74, 6) is -1.01. The lowest BCUT2D eigenvalue weighted by atomic mass is 9.84. The zero-order chi connectivity index (χ0) is 18.5. The van der Waals surface area contributed by atoms with E-state index in [0.29, 0.717) is 25.2 Å². The van der Waals surface area contributed by atoms with Crippen molar-refractivity contribution in [3.8, 4) is 0 Å². The minimum atomic E-state index is -0.577. The number of carbonyl (C=O) groups is 1. The second-order valence-corrected chi connectivity index (χ2v) is 6.86. The molecule has 2 aromatic carbocycles. The van der Waals surface area contributed by atoms with Crippen LogP contribution in [-0.4, -0.2) is 30.4 Å². The highest BCUT2D eigenvalue weighted by Crippen LogP contribution is 2.31. The van der Waals surface area contributed by atoms with E-state index in [-0.39, 0.29) is 17.7 Å². The van der Waals surface area contributed by atoms with Gasteiger partial charge in [0.25, 0.3) is 0 Å². The lowest BCUT2D eigenvalue weighted by molar-refractivity contribution is -0.127. The third-order valence-corrected chi connectivity index (χ3v) is 4.93. The Labute approximate surface area is 153 Å². The number of hydrogen-bond donors (Lipinski definition) is 1. The first-order valence-electron chi connectivity index (χ1n) is 9.05. The number of carbonyl (C=O) groups excluding carboxylic acids is 1. The number of hydrogen-bond acceptors (Lipinski definition) is 2. The van der Waals surface area contributed by atoms with Crippen LogP contribution in [0.4, 0.5) is 8.78 Å². The molecule has 1 heterocycles. The summed E-state index contributed by atoms with van der Waals surface area (Å²) in [7, 11) is 0. The summed E-state index contributed by atoms with van der Waals surface area (Å²) in [5.41, 5.74) is 1.64. The number of benzene rings is 2. The van der Waals surface area contributed by atoms with Gasteiger partial charge >= 0.3 is 0 Å². The molecule has 2 unspecified atom stereocenters. The van der Waals surface area contributed by atoms with E-state index in [0.717, 1.165) is 19.0 Å². The summed E-state index contributed by atoms with van der Waals surface area (Å²) in [6.45, 7) is 4.19. The van der Waals surface area contributed by atoms with Gasteiger partial charge in [0.2, 0.25) is 5.91 Å². The van der Waals surface area contributed by atoms with Crippen LogP contribution < -0.4 is 5.32 Å². The van der Waals surface area contributed by atoms with Crippen molar-refractivity contribution in [3.05, 3.63) is 71.3 Å². The third kappa shape index (κ3) is 4.47. The maximum Gasteiger partial charge on any atom is 0.224 e. The Kier molecular flexibility index (Phi) is 5.99. The van der Waals surface area contributed by atoms with Gasteiger partial charge in [-0.15, -0.1) is 0 Å². The van der Waals surface area contributed by atoms with Gasteiger partial charge in [0, 0.05) is 37.8 Å². The monoisotopic (exact) mass is 358 g/mol. The summed E-state index contributed by atoms with van der Waals surface area (Å²) >= 11 is 0. The number of piperidine rings is 1. The molecule has 3 nitrogen and oxygen atoms in total. The van der Waals surface area contributed by atoms with Crippen LogP contribution >= 0.6 is 0 Å². The fourth-order valence-corrected chi connectivity index (χ4v) is 3.69. The number of nitrogens with one attached hydrogen (secondary N) is 1. The normalized spacial score (nSPS) is 20.7. The Morgan fingerprint density at radius 2 is 1.92 bits per heavy atom. The lowest BCUT2D eigenvalue weighted by Crippen LogP contribution is -2.45. The SMILES string of the molecule is CCNC(=O)C1CC(c2ccccc2)CN(Cc2ccc(F)cc2F)C1. The zero-order valence-corrected chi connectivity index (χ0v) is 14.9. The van der Waals surface area contributed by atoms with Crippen LogP contribution in [0.2, 0.25) is 0 Å². The average Bonchev–Trinajstić information content (AvgIpc) is 2.65. The van der Waals surface area contributed by atoms with Gasteiger partial charge in [0.05, 0.1) is 5.92 Å². The molecule has 5 heteroatoms. The van der Waals surface area contributed by atoms with Gasteiger partial charge in [-0.05, 0) is 30.9 Å². The number of amides is 1. The van der Waals surface area contributed by atoms with Crippen LogP contribution in [0.3, 0.4) is 0 Å². The van der Waals surface area contributed by atoms with Gasteiger partial charge in [0.1, 0.15) is 11.6 Å². The molecular weight excluding hydrogens is 334 g/mol. The molecule has 0 bridgehead atoms. The number of halogens is 2. The average molecular weight is 358 g/mol. The van der Waals surface area contributed by atoms with Crippen molar-refractivity contribution >= 4 is 5.91 Å². The Morgan fingerprint density at radius 1 is 1.15 bits per heavy atom. The molecule has 1 aliphatic rings. The van der Waals surface area contributed by atoms with Crippen molar-refractivity contribution in [1.29, 1.82) is 0 Å². The fraction of sp³-hybridized carbons (Fsp3) is 0.381. The molecule has 1 aliphatic heterocycles. The van der Waals surface area contributed by atoms with Crippen molar-refractivity contribution in [2.24, 2.45) is 5.92 Å². The quantitative estimate of drug-likeness (QED) is 0.884. The Morgan fingerprint density at radius 3 is 2.62 bits per heavy atom. The molecule has 138 valence electrons. The van der Waals surface area contributed by atoms with Crippen molar-refractivity contribution in [2.45, 2.75) is 25.8 Å². The predicted octanol–water partition coefficient (Wildman–Crippen LogP) is 3.71. The number of nitrogens with zero attached hydrogens (tertiary/aromatic N) is 1. The first-order valence-corrected chi connectivity index (χ1v) is 9.05. The van der Waals surface area contributed by atoms with Crippen LogP contribution in [-0.2, 0) is 11.3 Å². The molecule has 0 saturated carbocycles. The molecule has 0 aromatic heterocycles. The van der Waals surface area contributed by atoms with Crippen molar-refractivity contribution in [3.63, 3.8) is 0 Å². The largest absolute Gasteiger partial charge is 0.356 e. The van der Waals surface area contributed by atoms with E-state index in [1.54, 1.807) is 0 Å². The van der Waals surface area contributed by atoms with Crippen LogP contribution in [0.15, 0.2) is 48.5 Å². The summed E-state index contributed by atoms with van der Waals surface area (Å²) in [6, 6.07) is 13.8. The third-order valence-electron chi connectivity index (χ3n) is 4.93. The Balaban J connectivity index is 1.80. The minimum Gasteiger partial charge on any atom is -0.356 e. The summed E-state index contributed by atoms with van der Waals surface area (Å²) in [5, 5.41) is 2.90. The standard InChI is InChI=1S/C21H24F2N2O/c1-2-24-21(26)18-10-17(15-6-4-3-5-7-15)13-25(14-18)12-16-8-9-19(22)11-20(16)23/h3-9,11,17-18H,2,10,12-14H2,1H3,(H,24,26). The predicted molar refractivity (Wildman–Crippen MR) is 97.6 cm³/mol. The molecule has 1 saturated heterocycles. The summed E-state index contributed by atoms with van der Waals surface area (Å²) < 4.78 is 27.2. The van der Waals surface area contributed by atoms with E-state index < -0.39 is 11.6 Å². The maximum atomic E-state index is 14.1. The van der Waals surface area contributed by atoms with Crippen molar-refractivity contribution in [1.82, 2.24) is 10.2 Å². The van der Waals surface area contributed by atoms with Crippen molar-refractivity contribution < 1.29 is 13.6 Å². The molecule has 0 spiro atoms. The molecule has 0 aliphatic carbocycles. The molecule has 1 fully saturated rings. The van der Waals surface area contributed by atoms with Gasteiger partial charge in [0.15, 0.2) is 0 Å². The summed E-state index contributed by atoms with van der Waals surface area (Å²) in [4.78, 5) is 14.5. The minimum absolute atomic E-state index is 0.0395. The number of likely N-dealkylation sites (tertiary alicyclic amines) is 1. The molecule has 2 aromatic rings. The molecule has 0 radical (unpaired) electrons. The zero-order valence-electron chi connectivity index (χ0n) is 14.9. The van der Waals surface area contributed by atoms with Crippen molar-refractivity contribution in [2.75, 3.05) is 19.6 Å². The van der Waals surface area contributed by atoms with Gasteiger partial charge in [-0.3, -0.25) is 9.69 Å². The number of rotatable bonds is 5. The molecular formula is C21H24F2N2O. The van der Waals surface area contributed by atoms with Gasteiger partial charge in [-0.25, -0.2) is 8.78 Å². The maximum absolute atomic E-state index is 14.1. The second-order valence-electron chi connectivity index (χ2n) is 6.86. The van der Waals surface area contributed by atoms with Crippen LogP contribution in [0, 0.1) is 17.6 Å². The summed E-state index contributed by atoms with van der Waals surface area (Å²) in [6.07, 6.45) is 0.776. The van der Waals surface area contributed by atoms with Gasteiger partial charge in [-0.2, -0.15) is 0 Å². The van der Waals surface area contributed by atoms with E-state index >= 15 is 0 Å². The van der Waals surface area contributed by atoms with E-state index in [4.69, 9.17) is 0 Å². The first kappa shape index (κ1) is 18.5. The van der Waals surface area contributed by atoms with E-state index in [9.17, 15) is 13.6 Å². The van der Waals surface area contributed by atoms with Crippen LogP contribution in [0.5, 0.6) is 0 Å². The smallest absolute Gasteiger partial charge is 0.224 e. The van der Waals surface area contributed by atoms with Gasteiger partial charge in [-0.1, -0.05) is 36.4 Å². The Hall–Kier alpha value is -2.27. The van der Waals surface area contributed by atoms with Gasteiger partial charge < -0.3 is 5.32 Å². The molecule has 1 N–H and O–H groups in total. The van der Waals surface area contributed by atoms with E-state index in [2.05, 4.69) is 22.3 Å². The highest BCUT2D eigenvalue weighted by atomic mass is 19.1. The lowest BCUT2D eigenvalue weighted by Gasteiger charge is -2.37. The van der Waals surface area contributed by atoms with E-state index in [1.807, 2.05) is 25.1 Å². The molecule has 3 rings (SSSR count). The highest BCUT2D eigenvalue weighted by molar-refractivity contribution is 5.79. The molecule has 2 atom stereocenters. The van der Waals surface area contributed by atoms with Crippen LogP contribution in [0.25, 0.3) is 0 Å². The van der Waals surface area contributed by atoms with Crippen LogP contribution in [0.1, 0.15) is 30.4 Å². The fourth-order valence-electron chi connectivity index (χ4n) is 3.69. The first-order chi connectivity index (χ1) is 12.6. The Bertz CT molecular complexity index is 751. The van der Waals surface area contributed by atoms with E-state index in [1.165, 1.54) is 17.7 Å². The molecule has 1 amide bonds. The highest BCUT2D eigenvalue weighted by Gasteiger charge is 2.32. The topological polar surface area (TPSA) is 32.3 Å². The molecule has 26 heavy (non-hydrogen) atoms.